The van der Waals surface area contributed by atoms with Crippen molar-refractivity contribution in [3.05, 3.63) is 48.7 Å². The maximum atomic E-state index is 4.07. The third-order valence-electron chi connectivity index (χ3n) is 2.63. The molecule has 0 N–H and O–H groups in total. The first-order chi connectivity index (χ1) is 7.38. The lowest BCUT2D eigenvalue weighted by atomic mass is 10.1. The Balaban J connectivity index is 4.14. The molecule has 0 aliphatic heterocycles. The molecule has 0 rings (SSSR count). The van der Waals surface area contributed by atoms with E-state index in [1.165, 1.54) is 5.57 Å². The quantitative estimate of drug-likeness (QED) is 0.434. The van der Waals surface area contributed by atoms with E-state index in [0.29, 0.717) is 0 Å². The summed E-state index contributed by atoms with van der Waals surface area (Å²) < 4.78 is 0. The number of nitrogens with zero attached hydrogens (tertiary/aromatic N) is 1. The summed E-state index contributed by atoms with van der Waals surface area (Å²) in [5, 5.41) is 0. The van der Waals surface area contributed by atoms with Crippen LogP contribution in [0.1, 0.15) is 33.1 Å². The molecule has 0 aromatic heterocycles. The minimum Gasteiger partial charge on any atom is -0.374 e. The molecule has 0 radical (unpaired) electrons. The molecule has 0 bridgehead atoms. The fourth-order valence-electron chi connectivity index (χ4n) is 1.41. The van der Waals surface area contributed by atoms with Crippen LogP contribution in [0.25, 0.3) is 0 Å². The first-order valence-corrected chi connectivity index (χ1v) is 5.77. The van der Waals surface area contributed by atoms with Gasteiger partial charge >= 0.3 is 0 Å². The normalized spacial score (nSPS) is 9.69. The second-order valence-electron chi connectivity index (χ2n) is 4.48. The van der Waals surface area contributed by atoms with Crippen molar-refractivity contribution in [1.29, 1.82) is 0 Å². The van der Waals surface area contributed by atoms with Crippen LogP contribution in [0.4, 0.5) is 0 Å². The van der Waals surface area contributed by atoms with Gasteiger partial charge < -0.3 is 4.90 Å². The number of hydrogen-bond acceptors (Lipinski definition) is 1. The molecule has 0 aliphatic rings. The van der Waals surface area contributed by atoms with Crippen molar-refractivity contribution in [2.75, 3.05) is 13.6 Å². The molecule has 0 aromatic carbocycles. The fourth-order valence-corrected chi connectivity index (χ4v) is 1.41. The Labute approximate surface area is 101 Å². The van der Waals surface area contributed by atoms with Gasteiger partial charge in [-0.05, 0) is 18.9 Å². The molecule has 0 aromatic rings. The summed E-state index contributed by atoms with van der Waals surface area (Å²) in [4.78, 5) is 2.14. The summed E-state index contributed by atoms with van der Waals surface area (Å²) in [5.41, 5.74) is 4.41. The largest absolute Gasteiger partial charge is 0.374 e. The predicted molar refractivity (Wildman–Crippen MR) is 74.4 cm³/mol. The lowest BCUT2D eigenvalue weighted by Gasteiger charge is -2.23. The molecule has 0 saturated heterocycles. The van der Waals surface area contributed by atoms with Gasteiger partial charge in [-0.2, -0.15) is 0 Å². The molecule has 0 saturated carbocycles. The number of rotatable bonds is 8. The van der Waals surface area contributed by atoms with Crippen LogP contribution >= 0.6 is 0 Å². The Hall–Kier alpha value is -1.24. The molecule has 16 heavy (non-hydrogen) atoms. The molecular formula is C15H25N. The van der Waals surface area contributed by atoms with Gasteiger partial charge in [-0.3, -0.25) is 0 Å². The van der Waals surface area contributed by atoms with Gasteiger partial charge in [0, 0.05) is 25.7 Å². The van der Waals surface area contributed by atoms with Crippen molar-refractivity contribution in [3.8, 4) is 0 Å². The molecule has 0 unspecified atom stereocenters. The van der Waals surface area contributed by atoms with Gasteiger partial charge in [0.1, 0.15) is 0 Å². The van der Waals surface area contributed by atoms with Crippen LogP contribution in [0.2, 0.25) is 0 Å². The molecule has 0 aliphatic carbocycles. The summed E-state index contributed by atoms with van der Waals surface area (Å²) in [6.07, 6.45) is 3.03. The molecule has 0 spiro atoms. The van der Waals surface area contributed by atoms with Crippen LogP contribution in [-0.2, 0) is 0 Å². The summed E-state index contributed by atoms with van der Waals surface area (Å²) in [6.45, 7) is 21.0. The number of likely N-dealkylation sites (N-methyl/N-ethyl adjacent to an activating group) is 1. The van der Waals surface area contributed by atoms with Crippen LogP contribution in [0.15, 0.2) is 48.7 Å². The third kappa shape index (κ3) is 5.59. The van der Waals surface area contributed by atoms with E-state index in [0.717, 1.165) is 42.7 Å². The zero-order chi connectivity index (χ0) is 12.7. The Morgan fingerprint density at radius 1 is 1.12 bits per heavy atom. The van der Waals surface area contributed by atoms with E-state index >= 15 is 0 Å². The average Bonchev–Trinajstić information content (AvgIpc) is 2.17. The number of allylic oxidation sites excluding steroid dienone is 2. The topological polar surface area (TPSA) is 3.24 Å². The number of hydrogen-bond donors (Lipinski definition) is 0. The highest BCUT2D eigenvalue weighted by Crippen LogP contribution is 2.17. The molecule has 0 amide bonds. The minimum atomic E-state index is 0.797. The molecule has 90 valence electrons. The van der Waals surface area contributed by atoms with Crippen molar-refractivity contribution in [2.45, 2.75) is 33.1 Å². The first kappa shape index (κ1) is 14.8. The molecule has 1 heteroatoms. The monoisotopic (exact) mass is 219 g/mol. The third-order valence-corrected chi connectivity index (χ3v) is 2.63. The first-order valence-electron chi connectivity index (χ1n) is 5.77. The Morgan fingerprint density at radius 3 is 2.12 bits per heavy atom. The van der Waals surface area contributed by atoms with Crippen LogP contribution in [0, 0.1) is 0 Å². The van der Waals surface area contributed by atoms with Gasteiger partial charge in [0.25, 0.3) is 0 Å². The van der Waals surface area contributed by atoms with Crippen LogP contribution in [0.3, 0.4) is 0 Å². The maximum absolute atomic E-state index is 4.07. The van der Waals surface area contributed by atoms with Gasteiger partial charge in [0.2, 0.25) is 0 Å². The molecular weight excluding hydrogens is 194 g/mol. The Bertz CT molecular complexity index is 297. The standard InChI is InChI=1S/C15H25N/c1-8-9-13(4)11-16(7)15(6)10-14(5)12(2)3/h2,4-6,8-11H2,1,3,7H3. The van der Waals surface area contributed by atoms with Crippen molar-refractivity contribution < 1.29 is 0 Å². The summed E-state index contributed by atoms with van der Waals surface area (Å²) in [6, 6.07) is 0. The molecule has 0 atom stereocenters. The van der Waals surface area contributed by atoms with E-state index < -0.39 is 0 Å². The van der Waals surface area contributed by atoms with E-state index in [9.17, 15) is 0 Å². The van der Waals surface area contributed by atoms with Crippen LogP contribution in [0.5, 0.6) is 0 Å². The SMILES string of the molecule is C=C(CCC)CN(C)C(=C)CC(=C)C(=C)C. The highest BCUT2D eigenvalue weighted by atomic mass is 15.1. The highest BCUT2D eigenvalue weighted by molar-refractivity contribution is 5.27. The predicted octanol–water partition coefficient (Wildman–Crippen LogP) is 4.31. The smallest absolute Gasteiger partial charge is 0.0380 e. The minimum absolute atomic E-state index is 0.797. The highest BCUT2D eigenvalue weighted by Gasteiger charge is 2.05. The maximum Gasteiger partial charge on any atom is 0.0380 e. The van der Waals surface area contributed by atoms with Gasteiger partial charge in [-0.25, -0.2) is 0 Å². The lowest BCUT2D eigenvalue weighted by molar-refractivity contribution is 0.439. The van der Waals surface area contributed by atoms with Crippen molar-refractivity contribution in [3.63, 3.8) is 0 Å². The van der Waals surface area contributed by atoms with Crippen molar-refractivity contribution >= 4 is 0 Å². The summed E-state index contributed by atoms with van der Waals surface area (Å²) in [7, 11) is 2.05. The van der Waals surface area contributed by atoms with E-state index in [-0.39, 0.29) is 0 Å². The molecule has 1 nitrogen and oxygen atoms in total. The molecule has 0 fully saturated rings. The average molecular weight is 219 g/mol. The summed E-state index contributed by atoms with van der Waals surface area (Å²) >= 11 is 0. The van der Waals surface area contributed by atoms with Gasteiger partial charge in [-0.1, -0.05) is 50.8 Å². The second kappa shape index (κ2) is 7.10. The van der Waals surface area contributed by atoms with Crippen LogP contribution in [-0.4, -0.2) is 18.5 Å². The zero-order valence-electron chi connectivity index (χ0n) is 11.1. The van der Waals surface area contributed by atoms with Crippen molar-refractivity contribution in [2.24, 2.45) is 0 Å². The van der Waals surface area contributed by atoms with E-state index in [1.807, 2.05) is 6.92 Å². The van der Waals surface area contributed by atoms with Gasteiger partial charge in [-0.15, -0.1) is 0 Å². The summed E-state index contributed by atoms with van der Waals surface area (Å²) in [5.74, 6) is 0. The van der Waals surface area contributed by atoms with E-state index in [1.54, 1.807) is 0 Å². The Kier molecular flexibility index (Phi) is 6.55. The Morgan fingerprint density at radius 2 is 1.69 bits per heavy atom. The second-order valence-corrected chi connectivity index (χ2v) is 4.48. The van der Waals surface area contributed by atoms with Gasteiger partial charge in [0.15, 0.2) is 0 Å². The van der Waals surface area contributed by atoms with Crippen molar-refractivity contribution in [1.82, 2.24) is 4.90 Å². The zero-order valence-corrected chi connectivity index (χ0v) is 11.1. The lowest BCUT2D eigenvalue weighted by Crippen LogP contribution is -2.20. The molecule has 0 heterocycles. The van der Waals surface area contributed by atoms with Gasteiger partial charge in [0.05, 0.1) is 0 Å². The van der Waals surface area contributed by atoms with E-state index in [4.69, 9.17) is 0 Å². The van der Waals surface area contributed by atoms with E-state index in [2.05, 4.69) is 45.2 Å². The fraction of sp³-hybridized carbons (Fsp3) is 0.467. The van der Waals surface area contributed by atoms with Crippen LogP contribution < -0.4 is 0 Å².